The smallest absolute Gasteiger partial charge is 0.240 e. The number of benzene rings is 2. The Morgan fingerprint density at radius 1 is 1.07 bits per heavy atom. The van der Waals surface area contributed by atoms with Crippen molar-refractivity contribution in [3.63, 3.8) is 0 Å². The van der Waals surface area contributed by atoms with Crippen molar-refractivity contribution in [2.24, 2.45) is 0 Å². The van der Waals surface area contributed by atoms with Crippen LogP contribution in [-0.2, 0) is 14.8 Å². The third-order valence-electron chi connectivity index (χ3n) is 3.92. The third-order valence-corrected chi connectivity index (χ3v) is 6.07. The molecular formula is C18H19Cl3N2O3S. The molecular weight excluding hydrogens is 431 g/mol. The van der Waals surface area contributed by atoms with E-state index in [1.165, 1.54) is 12.1 Å². The highest BCUT2D eigenvalue weighted by Crippen LogP contribution is 2.35. The molecule has 0 aromatic heterocycles. The fourth-order valence-corrected chi connectivity index (χ4v) is 3.99. The normalized spacial score (nSPS) is 12.5. The molecule has 0 saturated heterocycles. The Morgan fingerprint density at radius 2 is 1.67 bits per heavy atom. The van der Waals surface area contributed by atoms with Gasteiger partial charge in [-0.05, 0) is 23.6 Å². The molecule has 9 heteroatoms. The zero-order chi connectivity index (χ0) is 20.2. The highest BCUT2D eigenvalue weighted by molar-refractivity contribution is 7.92. The van der Waals surface area contributed by atoms with E-state index in [4.69, 9.17) is 34.8 Å². The summed E-state index contributed by atoms with van der Waals surface area (Å²) >= 11 is 18.0. The van der Waals surface area contributed by atoms with Crippen molar-refractivity contribution in [3.8, 4) is 0 Å². The summed E-state index contributed by atoms with van der Waals surface area (Å²) < 4.78 is 25.3. The maximum absolute atomic E-state index is 12.4. The number of halogens is 3. The van der Waals surface area contributed by atoms with E-state index in [2.05, 4.69) is 5.32 Å². The first-order valence-corrected chi connectivity index (χ1v) is 11.0. The minimum absolute atomic E-state index is 0.0791. The van der Waals surface area contributed by atoms with Crippen LogP contribution in [0.25, 0.3) is 0 Å². The van der Waals surface area contributed by atoms with Crippen LogP contribution in [0.1, 0.15) is 18.4 Å². The number of carbonyl (C=O) groups is 1. The lowest BCUT2D eigenvalue weighted by Crippen LogP contribution is -2.41. The van der Waals surface area contributed by atoms with Gasteiger partial charge in [0.2, 0.25) is 15.9 Å². The minimum atomic E-state index is -3.77. The van der Waals surface area contributed by atoms with Crippen LogP contribution in [0.5, 0.6) is 0 Å². The summed E-state index contributed by atoms with van der Waals surface area (Å²) in [5.74, 6) is -0.374. The number of amides is 1. The van der Waals surface area contributed by atoms with E-state index in [-0.39, 0.29) is 26.7 Å². The summed E-state index contributed by atoms with van der Waals surface area (Å²) in [7, 11) is -3.77. The van der Waals surface area contributed by atoms with Gasteiger partial charge in [0.1, 0.15) is 6.54 Å². The van der Waals surface area contributed by atoms with Crippen LogP contribution in [0, 0.1) is 0 Å². The second-order valence-corrected chi connectivity index (χ2v) is 9.23. The van der Waals surface area contributed by atoms with Crippen LogP contribution in [0.4, 0.5) is 5.69 Å². The first-order valence-electron chi connectivity index (χ1n) is 8.03. The second kappa shape index (κ2) is 9.15. The summed E-state index contributed by atoms with van der Waals surface area (Å²) in [4.78, 5) is 12.4. The molecule has 0 aliphatic heterocycles. The van der Waals surface area contributed by atoms with Gasteiger partial charge in [0.25, 0.3) is 0 Å². The molecule has 2 rings (SSSR count). The zero-order valence-corrected chi connectivity index (χ0v) is 17.8. The molecule has 5 nitrogen and oxygen atoms in total. The molecule has 0 bridgehead atoms. The monoisotopic (exact) mass is 448 g/mol. The first-order chi connectivity index (χ1) is 12.6. The number of sulfonamides is 1. The lowest BCUT2D eigenvalue weighted by atomic mass is 10.0. The van der Waals surface area contributed by atoms with Crippen LogP contribution < -0.4 is 9.62 Å². The number of anilines is 1. The van der Waals surface area contributed by atoms with E-state index in [0.29, 0.717) is 6.54 Å². The Kier molecular flexibility index (Phi) is 7.40. The van der Waals surface area contributed by atoms with Gasteiger partial charge in [0, 0.05) is 6.54 Å². The number of hydrogen-bond donors (Lipinski definition) is 1. The topological polar surface area (TPSA) is 66.5 Å². The van der Waals surface area contributed by atoms with Crippen molar-refractivity contribution in [3.05, 3.63) is 63.1 Å². The minimum Gasteiger partial charge on any atom is -0.354 e. The first kappa shape index (κ1) is 21.8. The van der Waals surface area contributed by atoms with Crippen molar-refractivity contribution in [2.45, 2.75) is 12.8 Å². The molecule has 1 atom stereocenters. The van der Waals surface area contributed by atoms with Gasteiger partial charge in [-0.15, -0.1) is 0 Å². The molecule has 0 unspecified atom stereocenters. The van der Waals surface area contributed by atoms with E-state index in [1.54, 1.807) is 0 Å². The quantitative estimate of drug-likeness (QED) is 0.640. The maximum atomic E-state index is 12.4. The fourth-order valence-electron chi connectivity index (χ4n) is 2.44. The molecule has 27 heavy (non-hydrogen) atoms. The predicted molar refractivity (Wildman–Crippen MR) is 112 cm³/mol. The third kappa shape index (κ3) is 6.01. The van der Waals surface area contributed by atoms with Crippen molar-refractivity contribution >= 4 is 56.4 Å². The zero-order valence-electron chi connectivity index (χ0n) is 14.7. The van der Waals surface area contributed by atoms with Crippen LogP contribution in [0.2, 0.25) is 15.1 Å². The maximum Gasteiger partial charge on any atom is 0.240 e. The van der Waals surface area contributed by atoms with E-state index >= 15 is 0 Å². The largest absolute Gasteiger partial charge is 0.354 e. The Balaban J connectivity index is 2.13. The molecule has 0 aliphatic rings. The van der Waals surface area contributed by atoms with Gasteiger partial charge in [-0.25, -0.2) is 8.42 Å². The summed E-state index contributed by atoms with van der Waals surface area (Å²) in [5, 5.41) is 3.17. The summed E-state index contributed by atoms with van der Waals surface area (Å²) in [6, 6.07) is 12.4. The van der Waals surface area contributed by atoms with Gasteiger partial charge >= 0.3 is 0 Å². The highest BCUT2D eigenvalue weighted by Gasteiger charge is 2.24. The summed E-state index contributed by atoms with van der Waals surface area (Å²) in [6.07, 6.45) is 0.992. The lowest BCUT2D eigenvalue weighted by molar-refractivity contribution is -0.119. The van der Waals surface area contributed by atoms with Gasteiger partial charge in [-0.1, -0.05) is 72.1 Å². The van der Waals surface area contributed by atoms with Gasteiger partial charge < -0.3 is 5.32 Å². The summed E-state index contributed by atoms with van der Waals surface area (Å²) in [6.45, 7) is 1.92. The Morgan fingerprint density at radius 3 is 2.26 bits per heavy atom. The molecule has 146 valence electrons. The van der Waals surface area contributed by atoms with Crippen molar-refractivity contribution in [1.29, 1.82) is 0 Å². The van der Waals surface area contributed by atoms with Gasteiger partial charge in [0.15, 0.2) is 0 Å². The van der Waals surface area contributed by atoms with E-state index in [1.807, 2.05) is 37.3 Å². The van der Waals surface area contributed by atoms with E-state index in [0.717, 1.165) is 16.1 Å². The van der Waals surface area contributed by atoms with Crippen LogP contribution in [0.3, 0.4) is 0 Å². The number of nitrogens with one attached hydrogen (secondary N) is 1. The predicted octanol–water partition coefficient (Wildman–Crippen LogP) is 4.33. The van der Waals surface area contributed by atoms with E-state index in [9.17, 15) is 13.2 Å². The van der Waals surface area contributed by atoms with Crippen molar-refractivity contribution in [1.82, 2.24) is 5.32 Å². The van der Waals surface area contributed by atoms with Crippen molar-refractivity contribution in [2.75, 3.05) is 23.7 Å². The Bertz CT molecular complexity index is 921. The molecule has 2 aromatic rings. The van der Waals surface area contributed by atoms with E-state index < -0.39 is 22.5 Å². The molecule has 0 fully saturated rings. The molecule has 0 radical (unpaired) electrons. The second-order valence-electron chi connectivity index (χ2n) is 6.10. The summed E-state index contributed by atoms with van der Waals surface area (Å²) in [5.41, 5.74) is 1.17. The molecule has 1 N–H and O–H groups in total. The number of nitrogens with zero attached hydrogens (tertiary/aromatic N) is 1. The molecule has 1 amide bonds. The van der Waals surface area contributed by atoms with Gasteiger partial charge in [-0.2, -0.15) is 0 Å². The Labute approximate surface area is 174 Å². The molecule has 2 aromatic carbocycles. The van der Waals surface area contributed by atoms with Gasteiger partial charge in [-0.3, -0.25) is 9.10 Å². The van der Waals surface area contributed by atoms with Crippen LogP contribution >= 0.6 is 34.8 Å². The fraction of sp³-hybridized carbons (Fsp3) is 0.278. The Hall–Kier alpha value is -1.47. The molecule has 0 heterocycles. The van der Waals surface area contributed by atoms with Crippen LogP contribution in [-0.4, -0.2) is 33.7 Å². The SMILES string of the molecule is C[C@H](CNC(=O)CN(c1cc(Cl)c(Cl)cc1Cl)S(C)(=O)=O)c1ccccc1. The molecule has 0 spiro atoms. The average molecular weight is 450 g/mol. The average Bonchev–Trinajstić information content (AvgIpc) is 2.61. The molecule has 0 saturated carbocycles. The number of rotatable bonds is 7. The van der Waals surface area contributed by atoms with Crippen molar-refractivity contribution < 1.29 is 13.2 Å². The highest BCUT2D eigenvalue weighted by atomic mass is 35.5. The number of hydrogen-bond acceptors (Lipinski definition) is 3. The molecule has 0 aliphatic carbocycles. The van der Waals surface area contributed by atoms with Crippen LogP contribution in [0.15, 0.2) is 42.5 Å². The van der Waals surface area contributed by atoms with Gasteiger partial charge in [0.05, 0.1) is 27.0 Å². The number of carbonyl (C=O) groups excluding carboxylic acids is 1. The lowest BCUT2D eigenvalue weighted by Gasteiger charge is -2.24. The standard InChI is InChI=1S/C18H19Cl3N2O3S/c1-12(13-6-4-3-5-7-13)10-22-18(24)11-23(27(2,25)26)17-9-15(20)14(19)8-16(17)21/h3-9,12H,10-11H2,1-2H3,(H,22,24)/t12-/m1/s1.